The van der Waals surface area contributed by atoms with Crippen molar-refractivity contribution in [3.05, 3.63) is 0 Å². The lowest BCUT2D eigenvalue weighted by Gasteiger charge is -2.21. The minimum absolute atomic E-state index is 0.105. The van der Waals surface area contributed by atoms with Crippen LogP contribution in [0.1, 0.15) is 402 Å². The highest BCUT2D eigenvalue weighted by molar-refractivity contribution is 7.47. The van der Waals surface area contributed by atoms with Gasteiger partial charge in [-0.3, -0.25) is 37.3 Å². The van der Waals surface area contributed by atoms with Gasteiger partial charge in [0.1, 0.15) is 19.3 Å². The van der Waals surface area contributed by atoms with Crippen molar-refractivity contribution in [2.75, 3.05) is 39.6 Å². The molecule has 0 heterocycles. The van der Waals surface area contributed by atoms with Gasteiger partial charge < -0.3 is 33.8 Å². The molecule has 0 fully saturated rings. The number of phosphoric ester groups is 2. The van der Waals surface area contributed by atoms with Gasteiger partial charge in [0.05, 0.1) is 26.4 Å². The van der Waals surface area contributed by atoms with Crippen molar-refractivity contribution in [1.82, 2.24) is 0 Å². The van der Waals surface area contributed by atoms with Gasteiger partial charge in [0.15, 0.2) is 12.2 Å². The number of aliphatic hydroxyl groups is 1. The average Bonchev–Trinajstić information content (AvgIpc) is 1.20. The van der Waals surface area contributed by atoms with E-state index >= 15 is 0 Å². The largest absolute Gasteiger partial charge is 0.472 e. The van der Waals surface area contributed by atoms with Crippen molar-refractivity contribution in [1.29, 1.82) is 0 Å². The Bertz CT molecular complexity index is 1890. The Balaban J connectivity index is 5.27. The average molecular weight is 1420 g/mol. The Morgan fingerprint density at radius 2 is 0.526 bits per heavy atom. The summed E-state index contributed by atoms with van der Waals surface area (Å²) in [5, 5.41) is 10.6. The van der Waals surface area contributed by atoms with E-state index in [4.69, 9.17) is 37.0 Å². The van der Waals surface area contributed by atoms with Crippen molar-refractivity contribution in [3.63, 3.8) is 0 Å². The first-order valence-corrected chi connectivity index (χ1v) is 43.4. The molecule has 0 bridgehead atoms. The molecule has 4 unspecified atom stereocenters. The molecule has 0 aromatic carbocycles. The maximum absolute atomic E-state index is 13.1. The second-order valence-corrected chi connectivity index (χ2v) is 32.0. The zero-order valence-electron chi connectivity index (χ0n) is 63.5. The molecule has 0 aliphatic rings. The maximum atomic E-state index is 13.1. The maximum Gasteiger partial charge on any atom is 0.472 e. The zero-order chi connectivity index (χ0) is 71.6. The van der Waals surface area contributed by atoms with Gasteiger partial charge >= 0.3 is 39.5 Å². The second kappa shape index (κ2) is 68.5. The SMILES string of the molecule is CCCCCCCCCCCCCCCCC(=O)OC[C@H](COP(=O)(O)OC[C@@H](O)COP(=O)(O)OC[C@@H](COC(=O)CCCCCCCCCCC(C)CC)OC(=O)CCCCCCCCCCCCC(C)C)OC(=O)CCCCCCCCCCCCCCCCC(C)CC. The Hall–Kier alpha value is -1.94. The molecule has 576 valence electrons. The highest BCUT2D eigenvalue weighted by Crippen LogP contribution is 2.45. The van der Waals surface area contributed by atoms with Gasteiger partial charge in [-0.2, -0.15) is 0 Å². The van der Waals surface area contributed by atoms with E-state index in [1.54, 1.807) is 0 Å². The summed E-state index contributed by atoms with van der Waals surface area (Å²) in [5.41, 5.74) is 0. The summed E-state index contributed by atoms with van der Waals surface area (Å²) in [4.78, 5) is 72.9. The molecule has 19 heteroatoms. The van der Waals surface area contributed by atoms with Crippen LogP contribution in [0.2, 0.25) is 0 Å². The fourth-order valence-corrected chi connectivity index (χ4v) is 13.5. The Kier molecular flexibility index (Phi) is 67.1. The molecule has 97 heavy (non-hydrogen) atoms. The second-order valence-electron chi connectivity index (χ2n) is 29.1. The normalized spacial score (nSPS) is 14.6. The lowest BCUT2D eigenvalue weighted by atomic mass is 9.99. The third-order valence-electron chi connectivity index (χ3n) is 18.9. The van der Waals surface area contributed by atoms with Crippen LogP contribution in [-0.2, 0) is 65.4 Å². The van der Waals surface area contributed by atoms with Crippen molar-refractivity contribution >= 4 is 39.5 Å². The fourth-order valence-electron chi connectivity index (χ4n) is 11.9. The number of hydrogen-bond donors (Lipinski definition) is 3. The Morgan fingerprint density at radius 1 is 0.299 bits per heavy atom. The fraction of sp³-hybridized carbons (Fsp3) is 0.949. The van der Waals surface area contributed by atoms with Crippen LogP contribution in [0.4, 0.5) is 0 Å². The number of carbonyl (C=O) groups is 4. The Labute approximate surface area is 594 Å². The number of esters is 4. The lowest BCUT2D eigenvalue weighted by molar-refractivity contribution is -0.161. The first kappa shape index (κ1) is 95.1. The summed E-state index contributed by atoms with van der Waals surface area (Å²) in [7, 11) is -9.92. The topological polar surface area (TPSA) is 237 Å². The molecule has 0 saturated carbocycles. The van der Waals surface area contributed by atoms with Gasteiger partial charge in [0, 0.05) is 25.7 Å². The first-order valence-electron chi connectivity index (χ1n) is 40.4. The lowest BCUT2D eigenvalue weighted by Crippen LogP contribution is -2.30. The van der Waals surface area contributed by atoms with Crippen LogP contribution in [-0.4, -0.2) is 96.7 Å². The molecule has 7 atom stereocenters. The first-order chi connectivity index (χ1) is 46.8. The predicted molar refractivity (Wildman–Crippen MR) is 395 cm³/mol. The quantitative estimate of drug-likeness (QED) is 0.0222. The van der Waals surface area contributed by atoms with Gasteiger partial charge in [-0.25, -0.2) is 9.13 Å². The summed E-state index contributed by atoms with van der Waals surface area (Å²) in [6.45, 7) is 12.0. The minimum atomic E-state index is -4.96. The molecule has 0 aliphatic heterocycles. The Morgan fingerprint density at radius 3 is 0.784 bits per heavy atom. The number of rotatable bonds is 76. The molecule has 0 rings (SSSR count). The number of unbranched alkanes of at least 4 members (excludes halogenated alkanes) is 42. The van der Waals surface area contributed by atoms with Crippen LogP contribution in [0.15, 0.2) is 0 Å². The van der Waals surface area contributed by atoms with Crippen molar-refractivity contribution < 1.29 is 80.2 Å². The summed E-state index contributed by atoms with van der Waals surface area (Å²) < 4.78 is 68.6. The van der Waals surface area contributed by atoms with Gasteiger partial charge in [-0.05, 0) is 43.4 Å². The standard InChI is InChI=1S/C78H152O17P2/c1-8-11-12-13-14-15-16-17-21-24-30-38-45-52-59-75(80)88-65-73(94-77(82)61-54-47-40-31-25-22-19-18-20-23-29-36-43-50-57-70(6)9-2)67-92-96(84,85)90-63-72(79)64-91-97(86,87)93-68-74(66-89-76(81)60-53-46-39-34-33-37-44-51-58-71(7)10-3)95-78(83)62-55-48-41-32-27-26-28-35-42-49-56-69(4)5/h69-74,79H,8-68H2,1-7H3,(H,84,85)(H,86,87)/t70?,71?,72-,73-,74-/m1/s1. The van der Waals surface area contributed by atoms with Gasteiger partial charge in [-0.1, -0.05) is 350 Å². The van der Waals surface area contributed by atoms with Crippen LogP contribution < -0.4 is 0 Å². The number of phosphoric acid groups is 2. The molecule has 0 saturated heterocycles. The molecule has 17 nitrogen and oxygen atoms in total. The van der Waals surface area contributed by atoms with Crippen LogP contribution >= 0.6 is 15.6 Å². The molecule has 0 aromatic rings. The van der Waals surface area contributed by atoms with E-state index in [1.807, 2.05) is 0 Å². The zero-order valence-corrected chi connectivity index (χ0v) is 65.3. The monoisotopic (exact) mass is 1420 g/mol. The van der Waals surface area contributed by atoms with Crippen molar-refractivity contribution in [3.8, 4) is 0 Å². The number of hydrogen-bond acceptors (Lipinski definition) is 15. The minimum Gasteiger partial charge on any atom is -0.462 e. The highest BCUT2D eigenvalue weighted by atomic mass is 31.2. The van der Waals surface area contributed by atoms with E-state index in [0.717, 1.165) is 108 Å². The number of aliphatic hydroxyl groups excluding tert-OH is 1. The van der Waals surface area contributed by atoms with E-state index in [2.05, 4.69) is 48.5 Å². The predicted octanol–water partition coefficient (Wildman–Crippen LogP) is 23.0. The third-order valence-corrected chi connectivity index (χ3v) is 20.8. The van der Waals surface area contributed by atoms with Crippen LogP contribution in [0, 0.1) is 17.8 Å². The number of ether oxygens (including phenoxy) is 4. The molecular formula is C78H152O17P2. The summed E-state index contributed by atoms with van der Waals surface area (Å²) in [6, 6.07) is 0. The highest BCUT2D eigenvalue weighted by Gasteiger charge is 2.30. The molecule has 0 spiro atoms. The van der Waals surface area contributed by atoms with Crippen molar-refractivity contribution in [2.24, 2.45) is 17.8 Å². The van der Waals surface area contributed by atoms with E-state index in [-0.39, 0.29) is 25.7 Å². The third kappa shape index (κ3) is 69.5. The van der Waals surface area contributed by atoms with E-state index in [1.165, 1.54) is 212 Å². The van der Waals surface area contributed by atoms with E-state index < -0.39 is 97.5 Å². The van der Waals surface area contributed by atoms with E-state index in [9.17, 15) is 43.2 Å². The summed E-state index contributed by atoms with van der Waals surface area (Å²) in [6.07, 6.45) is 55.3. The molecule has 0 radical (unpaired) electrons. The molecule has 0 aliphatic carbocycles. The molecular weight excluding hydrogens is 1270 g/mol. The summed E-state index contributed by atoms with van der Waals surface area (Å²) >= 11 is 0. The molecule has 0 amide bonds. The van der Waals surface area contributed by atoms with Crippen molar-refractivity contribution in [2.45, 2.75) is 420 Å². The van der Waals surface area contributed by atoms with Crippen LogP contribution in [0.5, 0.6) is 0 Å². The van der Waals surface area contributed by atoms with Crippen LogP contribution in [0.3, 0.4) is 0 Å². The number of carbonyl (C=O) groups excluding carboxylic acids is 4. The van der Waals surface area contributed by atoms with E-state index in [0.29, 0.717) is 25.7 Å². The van der Waals surface area contributed by atoms with Gasteiger partial charge in [0.2, 0.25) is 0 Å². The smallest absolute Gasteiger partial charge is 0.462 e. The van der Waals surface area contributed by atoms with Crippen LogP contribution in [0.25, 0.3) is 0 Å². The molecule has 0 aromatic heterocycles. The molecule has 3 N–H and O–H groups in total. The summed E-state index contributed by atoms with van der Waals surface area (Å²) in [5.74, 6) is 0.261. The van der Waals surface area contributed by atoms with Gasteiger partial charge in [-0.15, -0.1) is 0 Å². The van der Waals surface area contributed by atoms with Gasteiger partial charge in [0.25, 0.3) is 0 Å².